The second kappa shape index (κ2) is 3.53. The number of carbonyl (C=O) groups is 1. The van der Waals surface area contributed by atoms with Gasteiger partial charge in [-0.2, -0.15) is 0 Å². The molecule has 1 amide bonds. The van der Waals surface area contributed by atoms with Crippen LogP contribution in [0.1, 0.15) is 25.7 Å². The molecule has 0 spiro atoms. The molecule has 11 heavy (non-hydrogen) atoms. The molecule has 0 heterocycles. The molecule has 0 aromatic carbocycles. The van der Waals surface area contributed by atoms with Gasteiger partial charge >= 0.3 is 0 Å². The number of amides is 1. The van der Waals surface area contributed by atoms with Gasteiger partial charge in [-0.25, -0.2) is 0 Å². The molecule has 0 fully saturated rings. The third-order valence-electron chi connectivity index (χ3n) is 2.03. The summed E-state index contributed by atoms with van der Waals surface area (Å²) in [5, 5.41) is 0. The highest BCUT2D eigenvalue weighted by Gasteiger charge is 2.16. The highest BCUT2D eigenvalue weighted by molar-refractivity contribution is 5.82. The lowest BCUT2D eigenvalue weighted by atomic mass is 9.94. The minimum Gasteiger partial charge on any atom is -0.368 e. The molecule has 1 rings (SSSR count). The van der Waals surface area contributed by atoms with Gasteiger partial charge in [-0.1, -0.05) is 6.08 Å². The van der Waals surface area contributed by atoms with Gasteiger partial charge < -0.3 is 11.5 Å². The van der Waals surface area contributed by atoms with Crippen LogP contribution in [0.2, 0.25) is 0 Å². The Morgan fingerprint density at radius 2 is 2.27 bits per heavy atom. The Hall–Kier alpha value is -0.830. The smallest absolute Gasteiger partial charge is 0.238 e. The predicted molar refractivity (Wildman–Crippen MR) is 43.7 cm³/mol. The monoisotopic (exact) mass is 154 g/mol. The summed E-state index contributed by atoms with van der Waals surface area (Å²) in [6.45, 7) is 0. The topological polar surface area (TPSA) is 69.1 Å². The molecule has 1 unspecified atom stereocenters. The summed E-state index contributed by atoms with van der Waals surface area (Å²) in [7, 11) is 0. The van der Waals surface area contributed by atoms with Crippen LogP contribution in [0, 0.1) is 0 Å². The van der Waals surface area contributed by atoms with Crippen molar-refractivity contribution in [3.8, 4) is 0 Å². The minimum atomic E-state index is -0.546. The molecule has 62 valence electrons. The summed E-state index contributed by atoms with van der Waals surface area (Å²) in [4.78, 5) is 10.7. The molecule has 0 bridgehead atoms. The molecule has 1 atom stereocenters. The van der Waals surface area contributed by atoms with E-state index >= 15 is 0 Å². The Bertz CT molecular complexity index is 187. The minimum absolute atomic E-state index is 0.418. The highest BCUT2D eigenvalue weighted by Crippen LogP contribution is 2.18. The van der Waals surface area contributed by atoms with Crippen molar-refractivity contribution in [2.75, 3.05) is 0 Å². The van der Waals surface area contributed by atoms with Crippen molar-refractivity contribution in [2.24, 2.45) is 11.5 Å². The quantitative estimate of drug-likeness (QED) is 0.561. The van der Waals surface area contributed by atoms with E-state index in [1.54, 1.807) is 0 Å². The molecule has 3 heteroatoms. The van der Waals surface area contributed by atoms with E-state index in [4.69, 9.17) is 11.5 Å². The first-order valence-corrected chi connectivity index (χ1v) is 3.95. The average molecular weight is 154 g/mol. The number of nitrogens with two attached hydrogens (primary N) is 2. The fourth-order valence-corrected chi connectivity index (χ4v) is 1.33. The molecule has 0 aromatic rings. The van der Waals surface area contributed by atoms with Gasteiger partial charge in [0.05, 0.1) is 0 Å². The van der Waals surface area contributed by atoms with Crippen molar-refractivity contribution in [1.29, 1.82) is 0 Å². The second-order valence-corrected chi connectivity index (χ2v) is 2.90. The van der Waals surface area contributed by atoms with Crippen LogP contribution in [0.3, 0.4) is 0 Å². The Morgan fingerprint density at radius 1 is 1.55 bits per heavy atom. The van der Waals surface area contributed by atoms with Crippen LogP contribution in [-0.2, 0) is 4.79 Å². The summed E-state index contributed by atoms with van der Waals surface area (Å²) in [5.41, 5.74) is 11.6. The Kier molecular flexibility index (Phi) is 2.65. The first kappa shape index (κ1) is 8.27. The predicted octanol–water partition coefficient (Wildman–Crippen LogP) is 0.299. The standard InChI is InChI=1S/C8H14N2O/c9-7(8(10)11)6-4-2-1-3-5-6/h4,7H,1-3,5,9H2,(H2,10,11). The molecule has 0 aliphatic heterocycles. The number of allylic oxidation sites excluding steroid dienone is 1. The third-order valence-corrected chi connectivity index (χ3v) is 2.03. The van der Waals surface area contributed by atoms with Gasteiger partial charge in [0.2, 0.25) is 5.91 Å². The van der Waals surface area contributed by atoms with E-state index < -0.39 is 11.9 Å². The van der Waals surface area contributed by atoms with Gasteiger partial charge in [0.25, 0.3) is 0 Å². The van der Waals surface area contributed by atoms with Crippen molar-refractivity contribution in [2.45, 2.75) is 31.7 Å². The van der Waals surface area contributed by atoms with Crippen LogP contribution in [0.4, 0.5) is 0 Å². The zero-order valence-corrected chi connectivity index (χ0v) is 6.55. The van der Waals surface area contributed by atoms with Crippen molar-refractivity contribution in [1.82, 2.24) is 0 Å². The van der Waals surface area contributed by atoms with Crippen molar-refractivity contribution < 1.29 is 4.79 Å². The van der Waals surface area contributed by atoms with Crippen LogP contribution in [0.5, 0.6) is 0 Å². The van der Waals surface area contributed by atoms with E-state index in [-0.39, 0.29) is 0 Å². The molecule has 0 saturated carbocycles. The fraction of sp³-hybridized carbons (Fsp3) is 0.625. The largest absolute Gasteiger partial charge is 0.368 e. The lowest BCUT2D eigenvalue weighted by Gasteiger charge is -2.16. The van der Waals surface area contributed by atoms with Gasteiger partial charge in [-0.3, -0.25) is 4.79 Å². The maximum atomic E-state index is 10.7. The number of hydrogen-bond donors (Lipinski definition) is 2. The zero-order chi connectivity index (χ0) is 8.27. The van der Waals surface area contributed by atoms with Gasteiger partial charge in [0.15, 0.2) is 0 Å². The van der Waals surface area contributed by atoms with Gasteiger partial charge in [0.1, 0.15) is 6.04 Å². The first-order valence-electron chi connectivity index (χ1n) is 3.95. The van der Waals surface area contributed by atoms with Gasteiger partial charge in [-0.05, 0) is 31.3 Å². The van der Waals surface area contributed by atoms with E-state index in [1.807, 2.05) is 6.08 Å². The molecular weight excluding hydrogens is 140 g/mol. The summed E-state index contributed by atoms with van der Waals surface area (Å²) >= 11 is 0. The molecule has 1 aliphatic carbocycles. The first-order chi connectivity index (χ1) is 5.22. The molecule has 0 aromatic heterocycles. The van der Waals surface area contributed by atoms with E-state index in [2.05, 4.69) is 0 Å². The van der Waals surface area contributed by atoms with E-state index in [0.29, 0.717) is 0 Å². The molecular formula is C8H14N2O. The van der Waals surface area contributed by atoms with Crippen LogP contribution < -0.4 is 11.5 Å². The Morgan fingerprint density at radius 3 is 2.73 bits per heavy atom. The van der Waals surface area contributed by atoms with E-state index in [1.165, 1.54) is 6.42 Å². The lowest BCUT2D eigenvalue weighted by Crippen LogP contribution is -2.38. The van der Waals surface area contributed by atoms with Crippen molar-refractivity contribution in [3.63, 3.8) is 0 Å². The second-order valence-electron chi connectivity index (χ2n) is 2.90. The maximum Gasteiger partial charge on any atom is 0.238 e. The number of carbonyl (C=O) groups excluding carboxylic acids is 1. The molecule has 1 aliphatic rings. The molecule has 4 N–H and O–H groups in total. The number of hydrogen-bond acceptors (Lipinski definition) is 2. The summed E-state index contributed by atoms with van der Waals surface area (Å²) in [5.74, 6) is -0.418. The summed E-state index contributed by atoms with van der Waals surface area (Å²) in [6, 6.07) is -0.546. The zero-order valence-electron chi connectivity index (χ0n) is 6.55. The molecule has 0 radical (unpaired) electrons. The molecule has 0 saturated heterocycles. The lowest BCUT2D eigenvalue weighted by molar-refractivity contribution is -0.118. The molecule has 3 nitrogen and oxygen atoms in total. The van der Waals surface area contributed by atoms with Crippen LogP contribution in [-0.4, -0.2) is 11.9 Å². The SMILES string of the molecule is NC(=O)C(N)C1=CCCCC1. The van der Waals surface area contributed by atoms with Crippen molar-refractivity contribution in [3.05, 3.63) is 11.6 Å². The van der Waals surface area contributed by atoms with Crippen LogP contribution in [0.15, 0.2) is 11.6 Å². The maximum absolute atomic E-state index is 10.7. The fourth-order valence-electron chi connectivity index (χ4n) is 1.33. The normalized spacial score (nSPS) is 20.6. The Labute approximate surface area is 66.4 Å². The third kappa shape index (κ3) is 2.05. The average Bonchev–Trinajstić information content (AvgIpc) is 2.05. The van der Waals surface area contributed by atoms with Gasteiger partial charge in [-0.15, -0.1) is 0 Å². The Balaban J connectivity index is 2.58. The van der Waals surface area contributed by atoms with Crippen LogP contribution in [0.25, 0.3) is 0 Å². The summed E-state index contributed by atoms with van der Waals surface area (Å²) < 4.78 is 0. The number of rotatable bonds is 2. The van der Waals surface area contributed by atoms with Crippen LogP contribution >= 0.6 is 0 Å². The van der Waals surface area contributed by atoms with E-state index in [0.717, 1.165) is 24.8 Å². The van der Waals surface area contributed by atoms with Crippen molar-refractivity contribution >= 4 is 5.91 Å². The highest BCUT2D eigenvalue weighted by atomic mass is 16.1. The number of primary amides is 1. The van der Waals surface area contributed by atoms with Gasteiger partial charge in [0, 0.05) is 0 Å². The van der Waals surface area contributed by atoms with E-state index in [9.17, 15) is 4.79 Å². The summed E-state index contributed by atoms with van der Waals surface area (Å²) in [6.07, 6.45) is 6.35.